The van der Waals surface area contributed by atoms with Gasteiger partial charge in [0.2, 0.25) is 0 Å². The van der Waals surface area contributed by atoms with Crippen LogP contribution in [0.15, 0.2) is 0 Å². The first-order valence-corrected chi connectivity index (χ1v) is 4.75. The Labute approximate surface area is 81.4 Å². The van der Waals surface area contributed by atoms with Gasteiger partial charge in [-0.25, -0.2) is 0 Å². The second kappa shape index (κ2) is 4.68. The van der Waals surface area contributed by atoms with Crippen LogP contribution in [-0.2, 0) is 14.3 Å². The van der Waals surface area contributed by atoms with Crippen LogP contribution in [0.5, 0.6) is 0 Å². The third-order valence-electron chi connectivity index (χ3n) is 1.96. The monoisotopic (exact) mass is 208 g/mol. The summed E-state index contributed by atoms with van der Waals surface area (Å²) in [4.78, 5) is 10.8. The van der Waals surface area contributed by atoms with Crippen molar-refractivity contribution in [1.82, 2.24) is 0 Å². The van der Waals surface area contributed by atoms with E-state index in [1.807, 2.05) is 6.92 Å². The van der Waals surface area contributed by atoms with Crippen LogP contribution >= 0.6 is 0 Å². The van der Waals surface area contributed by atoms with E-state index in [0.29, 0.717) is 12.8 Å². The van der Waals surface area contributed by atoms with E-state index in [1.54, 1.807) is 0 Å². The molecule has 1 unspecified atom stereocenters. The molecule has 0 aromatic carbocycles. The topological polar surface area (TPSA) is 35.5 Å². The molecule has 1 saturated heterocycles. The van der Waals surface area contributed by atoms with E-state index in [4.69, 9.17) is 4.74 Å². The standard InChI is InChI=1S/C9H14F2O3/c1-2-3-8(12)13-5-4-7-6-9(10,11)14-7/h7H,2-6H2,1H3. The molecule has 0 N–H and O–H groups in total. The van der Waals surface area contributed by atoms with E-state index in [2.05, 4.69) is 4.74 Å². The van der Waals surface area contributed by atoms with Gasteiger partial charge in [0.15, 0.2) is 0 Å². The van der Waals surface area contributed by atoms with Crippen molar-refractivity contribution in [3.8, 4) is 0 Å². The van der Waals surface area contributed by atoms with Crippen LogP contribution in [0.2, 0.25) is 0 Å². The molecule has 0 spiro atoms. The molecule has 1 rings (SSSR count). The molecule has 14 heavy (non-hydrogen) atoms. The first-order chi connectivity index (χ1) is 6.53. The number of halogens is 2. The zero-order valence-electron chi connectivity index (χ0n) is 8.09. The van der Waals surface area contributed by atoms with Gasteiger partial charge in [-0.2, -0.15) is 8.78 Å². The van der Waals surface area contributed by atoms with Gasteiger partial charge in [0, 0.05) is 12.8 Å². The largest absolute Gasteiger partial charge is 0.466 e. The molecular formula is C9H14F2O3. The summed E-state index contributed by atoms with van der Waals surface area (Å²) in [6.07, 6.45) is -2.22. The fourth-order valence-electron chi connectivity index (χ4n) is 1.24. The molecule has 1 fully saturated rings. The van der Waals surface area contributed by atoms with Crippen molar-refractivity contribution in [3.63, 3.8) is 0 Å². The predicted molar refractivity (Wildman–Crippen MR) is 44.9 cm³/mol. The minimum atomic E-state index is -2.96. The molecule has 3 nitrogen and oxygen atoms in total. The average Bonchev–Trinajstić information content (AvgIpc) is 2.01. The number of hydrogen-bond donors (Lipinski definition) is 0. The zero-order chi connectivity index (χ0) is 10.6. The highest BCUT2D eigenvalue weighted by molar-refractivity contribution is 5.69. The van der Waals surface area contributed by atoms with Gasteiger partial charge in [-0.15, -0.1) is 0 Å². The Kier molecular flexibility index (Phi) is 3.80. The molecule has 1 aliphatic rings. The van der Waals surface area contributed by atoms with Crippen molar-refractivity contribution in [1.29, 1.82) is 0 Å². The molecule has 0 bridgehead atoms. The molecule has 0 aliphatic carbocycles. The van der Waals surface area contributed by atoms with Crippen LogP contribution in [0.25, 0.3) is 0 Å². The van der Waals surface area contributed by atoms with Gasteiger partial charge >= 0.3 is 12.1 Å². The number of ether oxygens (including phenoxy) is 2. The van der Waals surface area contributed by atoms with Gasteiger partial charge < -0.3 is 9.47 Å². The summed E-state index contributed by atoms with van der Waals surface area (Å²) in [6, 6.07) is 0. The summed E-state index contributed by atoms with van der Waals surface area (Å²) in [5, 5.41) is 0. The Morgan fingerprint density at radius 3 is 2.79 bits per heavy atom. The number of alkyl halides is 2. The molecule has 1 aliphatic heterocycles. The van der Waals surface area contributed by atoms with Crippen molar-refractivity contribution >= 4 is 5.97 Å². The molecule has 0 saturated carbocycles. The fraction of sp³-hybridized carbons (Fsp3) is 0.889. The maximum Gasteiger partial charge on any atom is 0.358 e. The van der Waals surface area contributed by atoms with Gasteiger partial charge in [-0.3, -0.25) is 4.79 Å². The molecule has 0 aromatic heterocycles. The molecule has 0 amide bonds. The minimum absolute atomic E-state index is 0.166. The number of hydrogen-bond acceptors (Lipinski definition) is 3. The van der Waals surface area contributed by atoms with E-state index >= 15 is 0 Å². The molecule has 0 radical (unpaired) electrons. The Morgan fingerprint density at radius 2 is 2.29 bits per heavy atom. The van der Waals surface area contributed by atoms with Crippen molar-refractivity contribution in [2.24, 2.45) is 0 Å². The van der Waals surface area contributed by atoms with Crippen LogP contribution < -0.4 is 0 Å². The molecule has 1 atom stereocenters. The Hall–Kier alpha value is -0.710. The lowest BCUT2D eigenvalue weighted by molar-refractivity contribution is -0.352. The van der Waals surface area contributed by atoms with Crippen LogP contribution in [0, 0.1) is 0 Å². The van der Waals surface area contributed by atoms with E-state index in [0.717, 1.165) is 6.42 Å². The Morgan fingerprint density at radius 1 is 1.64 bits per heavy atom. The smallest absolute Gasteiger partial charge is 0.358 e. The van der Waals surface area contributed by atoms with E-state index in [-0.39, 0.29) is 19.0 Å². The highest BCUT2D eigenvalue weighted by atomic mass is 19.3. The zero-order valence-corrected chi connectivity index (χ0v) is 8.09. The van der Waals surface area contributed by atoms with Crippen LogP contribution in [0.4, 0.5) is 8.78 Å². The number of carbonyl (C=O) groups is 1. The third-order valence-corrected chi connectivity index (χ3v) is 1.96. The second-order valence-corrected chi connectivity index (χ2v) is 3.34. The third kappa shape index (κ3) is 3.57. The quantitative estimate of drug-likeness (QED) is 0.649. The van der Waals surface area contributed by atoms with E-state index in [9.17, 15) is 13.6 Å². The SMILES string of the molecule is CCCC(=O)OCCC1CC(F)(F)O1. The van der Waals surface area contributed by atoms with Gasteiger partial charge in [0.05, 0.1) is 19.1 Å². The maximum absolute atomic E-state index is 12.2. The molecule has 1 heterocycles. The number of rotatable bonds is 5. The first-order valence-electron chi connectivity index (χ1n) is 4.75. The lowest BCUT2D eigenvalue weighted by Crippen LogP contribution is -2.43. The summed E-state index contributed by atoms with van der Waals surface area (Å²) in [7, 11) is 0. The molecule has 0 aromatic rings. The van der Waals surface area contributed by atoms with Crippen molar-refractivity contribution < 1.29 is 23.0 Å². The molecule has 5 heteroatoms. The normalized spacial score (nSPS) is 24.1. The minimum Gasteiger partial charge on any atom is -0.466 e. The highest BCUT2D eigenvalue weighted by Crippen LogP contribution is 2.36. The first kappa shape index (κ1) is 11.4. The van der Waals surface area contributed by atoms with Gasteiger partial charge in [0.25, 0.3) is 0 Å². The average molecular weight is 208 g/mol. The van der Waals surface area contributed by atoms with Crippen LogP contribution in [0.1, 0.15) is 32.6 Å². The summed E-state index contributed by atoms with van der Waals surface area (Å²) in [5.41, 5.74) is 0. The number of esters is 1. The Balaban J connectivity index is 1.98. The summed E-state index contributed by atoms with van der Waals surface area (Å²) >= 11 is 0. The molecular weight excluding hydrogens is 194 g/mol. The van der Waals surface area contributed by atoms with E-state index < -0.39 is 12.2 Å². The van der Waals surface area contributed by atoms with Gasteiger partial charge in [-0.05, 0) is 6.42 Å². The van der Waals surface area contributed by atoms with Crippen molar-refractivity contribution in [2.45, 2.75) is 44.8 Å². The summed E-state index contributed by atoms with van der Waals surface area (Å²) in [6.45, 7) is 2.04. The van der Waals surface area contributed by atoms with Crippen molar-refractivity contribution in [2.75, 3.05) is 6.61 Å². The van der Waals surface area contributed by atoms with E-state index in [1.165, 1.54) is 0 Å². The van der Waals surface area contributed by atoms with Gasteiger partial charge in [-0.1, -0.05) is 6.92 Å². The Bertz CT molecular complexity index is 198. The lowest BCUT2D eigenvalue weighted by Gasteiger charge is -2.34. The fourth-order valence-corrected chi connectivity index (χ4v) is 1.24. The lowest BCUT2D eigenvalue weighted by atomic mass is 10.1. The maximum atomic E-state index is 12.2. The van der Waals surface area contributed by atoms with Crippen LogP contribution in [0.3, 0.4) is 0 Å². The summed E-state index contributed by atoms with van der Waals surface area (Å²) in [5.74, 6) is -0.279. The summed E-state index contributed by atoms with van der Waals surface area (Å²) < 4.78 is 33.4. The molecule has 82 valence electrons. The predicted octanol–water partition coefficient (Wildman–Crippen LogP) is 2.10. The van der Waals surface area contributed by atoms with Gasteiger partial charge in [0.1, 0.15) is 0 Å². The number of carbonyl (C=O) groups excluding carboxylic acids is 1. The van der Waals surface area contributed by atoms with Crippen molar-refractivity contribution in [3.05, 3.63) is 0 Å². The van der Waals surface area contributed by atoms with Crippen LogP contribution in [-0.4, -0.2) is 24.8 Å². The second-order valence-electron chi connectivity index (χ2n) is 3.34. The highest BCUT2D eigenvalue weighted by Gasteiger charge is 2.46.